The smallest absolute Gasteiger partial charge is 0.257 e. The van der Waals surface area contributed by atoms with Crippen LogP contribution in [0.4, 0.5) is 5.82 Å². The number of fused-ring (bicyclic) bond motifs is 1. The minimum absolute atomic E-state index is 0.0247. The number of aromatic nitrogens is 2. The number of para-hydroxylation sites is 1. The fraction of sp³-hybridized carbons (Fsp3) is 0.500. The molecule has 2 aliphatic heterocycles. The van der Waals surface area contributed by atoms with Gasteiger partial charge in [-0.3, -0.25) is 4.79 Å². The molecule has 1 aromatic heterocycles. The third kappa shape index (κ3) is 3.92. The van der Waals surface area contributed by atoms with Gasteiger partial charge in [-0.15, -0.1) is 0 Å². The number of amides is 1. The summed E-state index contributed by atoms with van der Waals surface area (Å²) < 4.78 is 11.3. The number of hydrogen-bond acceptors (Lipinski definition) is 6. The third-order valence-electron chi connectivity index (χ3n) is 5.49. The molecule has 3 heterocycles. The summed E-state index contributed by atoms with van der Waals surface area (Å²) in [6.45, 7) is 8.81. The first-order chi connectivity index (χ1) is 14.0. The Labute approximate surface area is 171 Å². The average molecular weight is 396 g/mol. The number of carbonyl (C=O) groups excluding carboxylic acids is 1. The first-order valence-electron chi connectivity index (χ1n) is 10.2. The van der Waals surface area contributed by atoms with Gasteiger partial charge in [-0.05, 0) is 32.9 Å². The van der Waals surface area contributed by atoms with E-state index < -0.39 is 0 Å². The molecule has 0 unspecified atom stereocenters. The fourth-order valence-electron chi connectivity index (χ4n) is 4.29. The summed E-state index contributed by atoms with van der Waals surface area (Å²) in [7, 11) is 1.59. The largest absolute Gasteiger partial charge is 0.496 e. The highest BCUT2D eigenvalue weighted by molar-refractivity contribution is 5.97. The van der Waals surface area contributed by atoms with Gasteiger partial charge in [-0.2, -0.15) is 0 Å². The predicted molar refractivity (Wildman–Crippen MR) is 110 cm³/mol. The summed E-state index contributed by atoms with van der Waals surface area (Å²) in [6, 6.07) is 7.37. The molecule has 0 N–H and O–H groups in total. The van der Waals surface area contributed by atoms with E-state index in [9.17, 15) is 4.79 Å². The van der Waals surface area contributed by atoms with E-state index in [0.29, 0.717) is 24.4 Å². The average Bonchev–Trinajstić information content (AvgIpc) is 2.71. The minimum atomic E-state index is -0.0247. The maximum Gasteiger partial charge on any atom is 0.257 e. The van der Waals surface area contributed by atoms with Crippen LogP contribution in [0.3, 0.4) is 0 Å². The molecule has 1 fully saturated rings. The lowest BCUT2D eigenvalue weighted by Crippen LogP contribution is -2.47. The lowest BCUT2D eigenvalue weighted by Gasteiger charge is -2.38. The lowest BCUT2D eigenvalue weighted by molar-refractivity contribution is -0.00560. The highest BCUT2D eigenvalue weighted by atomic mass is 16.5. The van der Waals surface area contributed by atoms with Crippen molar-refractivity contribution in [3.05, 3.63) is 46.9 Å². The molecule has 7 nitrogen and oxygen atoms in total. The Morgan fingerprint density at radius 3 is 2.62 bits per heavy atom. The van der Waals surface area contributed by atoms with Crippen molar-refractivity contribution < 1.29 is 14.3 Å². The Morgan fingerprint density at radius 1 is 1.17 bits per heavy atom. The van der Waals surface area contributed by atoms with Crippen molar-refractivity contribution in [3.63, 3.8) is 0 Å². The molecule has 2 aliphatic rings. The number of rotatable bonds is 3. The second-order valence-electron chi connectivity index (χ2n) is 7.86. The first kappa shape index (κ1) is 19.6. The van der Waals surface area contributed by atoms with Crippen molar-refractivity contribution in [2.75, 3.05) is 31.6 Å². The second-order valence-corrected chi connectivity index (χ2v) is 7.86. The molecule has 1 saturated heterocycles. The van der Waals surface area contributed by atoms with Gasteiger partial charge in [-0.1, -0.05) is 12.1 Å². The van der Waals surface area contributed by atoms with Crippen LogP contribution in [0.25, 0.3) is 0 Å². The van der Waals surface area contributed by atoms with Crippen LogP contribution in [-0.2, 0) is 17.7 Å². The Balaban J connectivity index is 1.65. The number of morpholine rings is 1. The fourth-order valence-corrected chi connectivity index (χ4v) is 4.29. The van der Waals surface area contributed by atoms with E-state index in [0.717, 1.165) is 42.4 Å². The zero-order chi connectivity index (χ0) is 20.5. The van der Waals surface area contributed by atoms with Crippen molar-refractivity contribution in [2.45, 2.75) is 45.9 Å². The van der Waals surface area contributed by atoms with Gasteiger partial charge in [0.2, 0.25) is 0 Å². The molecule has 4 rings (SSSR count). The summed E-state index contributed by atoms with van der Waals surface area (Å²) >= 11 is 0. The highest BCUT2D eigenvalue weighted by Gasteiger charge is 2.31. The van der Waals surface area contributed by atoms with E-state index in [2.05, 4.69) is 23.7 Å². The van der Waals surface area contributed by atoms with E-state index in [4.69, 9.17) is 14.5 Å². The predicted octanol–water partition coefficient (Wildman–Crippen LogP) is 2.61. The van der Waals surface area contributed by atoms with Gasteiger partial charge in [0.15, 0.2) is 0 Å². The van der Waals surface area contributed by atoms with Crippen LogP contribution in [0.1, 0.15) is 41.3 Å². The molecule has 1 amide bonds. The third-order valence-corrected chi connectivity index (χ3v) is 5.49. The van der Waals surface area contributed by atoms with Crippen LogP contribution in [0.5, 0.6) is 5.75 Å². The molecule has 0 radical (unpaired) electrons. The van der Waals surface area contributed by atoms with Crippen LogP contribution >= 0.6 is 0 Å². The summed E-state index contributed by atoms with van der Waals surface area (Å²) in [4.78, 5) is 26.8. The SMILES string of the molecule is COc1ccccc1C(=O)N1CCc2nc(C)nc(N3C[C@@H](C)O[C@H](C)C3)c2C1. The molecule has 2 aromatic rings. The number of carbonyl (C=O) groups is 1. The van der Waals surface area contributed by atoms with Crippen molar-refractivity contribution in [3.8, 4) is 5.75 Å². The first-order valence-corrected chi connectivity index (χ1v) is 10.2. The number of nitrogens with zero attached hydrogens (tertiary/aromatic N) is 4. The van der Waals surface area contributed by atoms with E-state index in [1.165, 1.54) is 0 Å². The normalized spacial score (nSPS) is 21.7. The van der Waals surface area contributed by atoms with E-state index in [1.54, 1.807) is 7.11 Å². The minimum Gasteiger partial charge on any atom is -0.496 e. The topological polar surface area (TPSA) is 67.8 Å². The molecule has 0 spiro atoms. The quantitative estimate of drug-likeness (QED) is 0.795. The van der Waals surface area contributed by atoms with Crippen molar-refractivity contribution in [1.29, 1.82) is 0 Å². The van der Waals surface area contributed by atoms with Gasteiger partial charge < -0.3 is 19.3 Å². The molecule has 0 saturated carbocycles. The second kappa shape index (κ2) is 7.99. The molecule has 29 heavy (non-hydrogen) atoms. The Morgan fingerprint density at radius 2 is 1.90 bits per heavy atom. The Kier molecular flexibility index (Phi) is 5.41. The van der Waals surface area contributed by atoms with Crippen LogP contribution in [0, 0.1) is 6.92 Å². The molecule has 154 valence electrons. The Bertz CT molecular complexity index is 907. The highest BCUT2D eigenvalue weighted by Crippen LogP contribution is 2.30. The number of aryl methyl sites for hydroxylation is 1. The van der Waals surface area contributed by atoms with Crippen molar-refractivity contribution >= 4 is 11.7 Å². The molecule has 2 atom stereocenters. The van der Waals surface area contributed by atoms with Crippen molar-refractivity contribution in [1.82, 2.24) is 14.9 Å². The number of anilines is 1. The van der Waals surface area contributed by atoms with Gasteiger partial charge >= 0.3 is 0 Å². The van der Waals surface area contributed by atoms with Crippen molar-refractivity contribution in [2.24, 2.45) is 0 Å². The van der Waals surface area contributed by atoms with Gasteiger partial charge in [0, 0.05) is 31.6 Å². The summed E-state index contributed by atoms with van der Waals surface area (Å²) in [5.41, 5.74) is 2.68. The van der Waals surface area contributed by atoms with Gasteiger partial charge in [-0.25, -0.2) is 9.97 Å². The molecule has 0 aliphatic carbocycles. The monoisotopic (exact) mass is 396 g/mol. The maximum absolute atomic E-state index is 13.2. The molecular weight excluding hydrogens is 368 g/mol. The lowest BCUT2D eigenvalue weighted by atomic mass is 10.0. The number of methoxy groups -OCH3 is 1. The molecule has 0 bridgehead atoms. The number of hydrogen-bond donors (Lipinski definition) is 0. The van der Waals surface area contributed by atoms with E-state index in [1.807, 2.05) is 36.1 Å². The number of ether oxygens (including phenoxy) is 2. The van der Waals surface area contributed by atoms with Gasteiger partial charge in [0.05, 0.1) is 37.1 Å². The Hall–Kier alpha value is -2.67. The van der Waals surface area contributed by atoms with Gasteiger partial charge in [0.1, 0.15) is 17.4 Å². The van der Waals surface area contributed by atoms with Crippen LogP contribution in [-0.4, -0.2) is 59.7 Å². The zero-order valence-electron chi connectivity index (χ0n) is 17.5. The standard InChI is InChI=1S/C22H28N4O3/c1-14-11-26(12-15(2)29-14)21-18-13-25(10-9-19(18)23-16(3)24-21)22(27)17-7-5-6-8-20(17)28-4/h5-8,14-15H,9-13H2,1-4H3/t14-,15-/m1/s1. The van der Waals surface area contributed by atoms with Crippen LogP contribution in [0.15, 0.2) is 24.3 Å². The molecule has 1 aromatic carbocycles. The van der Waals surface area contributed by atoms with Crippen LogP contribution in [0.2, 0.25) is 0 Å². The summed E-state index contributed by atoms with van der Waals surface area (Å²) in [5.74, 6) is 2.28. The van der Waals surface area contributed by atoms with E-state index >= 15 is 0 Å². The summed E-state index contributed by atoms with van der Waals surface area (Å²) in [5, 5.41) is 0. The van der Waals surface area contributed by atoms with Crippen LogP contribution < -0.4 is 9.64 Å². The molecular formula is C22H28N4O3. The van der Waals surface area contributed by atoms with E-state index in [-0.39, 0.29) is 18.1 Å². The molecule has 7 heteroatoms. The van der Waals surface area contributed by atoms with Gasteiger partial charge in [0.25, 0.3) is 5.91 Å². The maximum atomic E-state index is 13.2. The zero-order valence-corrected chi connectivity index (χ0v) is 17.5. The summed E-state index contributed by atoms with van der Waals surface area (Å²) in [6.07, 6.45) is 1.00. The number of benzene rings is 1.